The number of nitrogens with zero attached hydrogens (tertiary/aromatic N) is 2. The molecule has 0 aliphatic carbocycles. The summed E-state index contributed by atoms with van der Waals surface area (Å²) in [6.07, 6.45) is 4.81. The Morgan fingerprint density at radius 2 is 1.17 bits per heavy atom. The summed E-state index contributed by atoms with van der Waals surface area (Å²) < 4.78 is 0. The molecule has 1 amide bonds. The van der Waals surface area contributed by atoms with Crippen molar-refractivity contribution in [3.05, 3.63) is 0 Å². The van der Waals surface area contributed by atoms with Gasteiger partial charge in [0, 0.05) is 13.1 Å². The molecule has 0 radical (unpaired) electrons. The van der Waals surface area contributed by atoms with Gasteiger partial charge in [-0.2, -0.15) is 0 Å². The second kappa shape index (κ2) is 7.13. The van der Waals surface area contributed by atoms with Crippen LogP contribution in [0.1, 0.15) is 67.2 Å². The number of piperidine rings is 2. The van der Waals surface area contributed by atoms with Crippen LogP contribution in [0.3, 0.4) is 0 Å². The molecule has 0 saturated carbocycles. The van der Waals surface area contributed by atoms with E-state index in [9.17, 15) is 4.79 Å². The molecule has 2 heterocycles. The number of carbonyl (C=O) groups excluding carboxylic acids is 1. The summed E-state index contributed by atoms with van der Waals surface area (Å²) >= 11 is 0. The molecule has 0 aromatic rings. The summed E-state index contributed by atoms with van der Waals surface area (Å²) in [6, 6.07) is 0. The zero-order valence-electron chi connectivity index (χ0n) is 16.3. The molecule has 2 aliphatic heterocycles. The van der Waals surface area contributed by atoms with Crippen LogP contribution >= 0.6 is 0 Å². The average Bonchev–Trinajstić information content (AvgIpc) is 2.46. The lowest BCUT2D eigenvalue weighted by Crippen LogP contribution is -2.47. The van der Waals surface area contributed by atoms with E-state index in [1.807, 2.05) is 0 Å². The largest absolute Gasteiger partial charge is 0.342 e. The fourth-order valence-corrected chi connectivity index (χ4v) is 4.24. The van der Waals surface area contributed by atoms with Gasteiger partial charge in [-0.25, -0.2) is 0 Å². The SMILES string of the molecule is CC(C)(C)C1CCN(CC(=O)N2CCC(C(C)(C)C)CC2)CC1. The zero-order valence-corrected chi connectivity index (χ0v) is 16.3. The van der Waals surface area contributed by atoms with Crippen LogP contribution < -0.4 is 0 Å². The van der Waals surface area contributed by atoms with Crippen LogP contribution in [0.2, 0.25) is 0 Å². The van der Waals surface area contributed by atoms with Crippen LogP contribution in [-0.2, 0) is 4.79 Å². The summed E-state index contributed by atoms with van der Waals surface area (Å²) in [7, 11) is 0. The molecule has 0 bridgehead atoms. The molecule has 0 aromatic carbocycles. The van der Waals surface area contributed by atoms with E-state index in [0.717, 1.165) is 38.0 Å². The third kappa shape index (κ3) is 5.20. The van der Waals surface area contributed by atoms with Crippen molar-refractivity contribution < 1.29 is 4.79 Å². The van der Waals surface area contributed by atoms with Gasteiger partial charge in [0.2, 0.25) is 5.91 Å². The normalized spacial score (nSPS) is 23.3. The molecule has 23 heavy (non-hydrogen) atoms. The monoisotopic (exact) mass is 322 g/mol. The first-order chi connectivity index (χ1) is 10.6. The van der Waals surface area contributed by atoms with E-state index in [0.29, 0.717) is 23.3 Å². The summed E-state index contributed by atoms with van der Waals surface area (Å²) in [5.74, 6) is 1.91. The Hall–Kier alpha value is -0.570. The molecule has 2 saturated heterocycles. The second-order valence-electron chi connectivity index (χ2n) is 9.94. The Bertz CT molecular complexity index is 389. The Morgan fingerprint density at radius 1 is 0.783 bits per heavy atom. The molecule has 134 valence electrons. The minimum absolute atomic E-state index is 0.353. The predicted octanol–water partition coefficient (Wildman–Crippen LogP) is 4.03. The average molecular weight is 323 g/mol. The molecule has 3 nitrogen and oxygen atoms in total. The Kier molecular flexibility index (Phi) is 5.81. The van der Waals surface area contributed by atoms with Crippen molar-refractivity contribution in [1.29, 1.82) is 0 Å². The molecule has 0 aromatic heterocycles. The minimum Gasteiger partial charge on any atom is -0.342 e. The maximum absolute atomic E-state index is 12.6. The van der Waals surface area contributed by atoms with Gasteiger partial charge in [0.15, 0.2) is 0 Å². The smallest absolute Gasteiger partial charge is 0.236 e. The number of amides is 1. The van der Waals surface area contributed by atoms with Gasteiger partial charge in [0.25, 0.3) is 0 Å². The van der Waals surface area contributed by atoms with Crippen LogP contribution in [0.15, 0.2) is 0 Å². The fraction of sp³-hybridized carbons (Fsp3) is 0.950. The van der Waals surface area contributed by atoms with Gasteiger partial charge in [0.05, 0.1) is 6.54 Å². The topological polar surface area (TPSA) is 23.6 Å². The lowest BCUT2D eigenvalue weighted by Gasteiger charge is -2.41. The quantitative estimate of drug-likeness (QED) is 0.766. The maximum atomic E-state index is 12.6. The number of rotatable bonds is 2. The molecule has 0 unspecified atom stereocenters. The van der Waals surface area contributed by atoms with Gasteiger partial charge in [-0.3, -0.25) is 9.69 Å². The summed E-state index contributed by atoms with van der Waals surface area (Å²) in [6.45, 7) is 18.7. The highest BCUT2D eigenvalue weighted by atomic mass is 16.2. The van der Waals surface area contributed by atoms with Crippen molar-refractivity contribution in [2.75, 3.05) is 32.7 Å². The highest BCUT2D eigenvalue weighted by Gasteiger charge is 2.32. The van der Waals surface area contributed by atoms with Crippen LogP contribution in [0.25, 0.3) is 0 Å². The number of hydrogen-bond donors (Lipinski definition) is 0. The number of likely N-dealkylation sites (tertiary alicyclic amines) is 2. The lowest BCUT2D eigenvalue weighted by molar-refractivity contribution is -0.134. The molecule has 2 fully saturated rings. The van der Waals surface area contributed by atoms with Crippen LogP contribution in [0, 0.1) is 22.7 Å². The van der Waals surface area contributed by atoms with Crippen molar-refractivity contribution in [1.82, 2.24) is 9.80 Å². The molecule has 3 heteroatoms. The minimum atomic E-state index is 0.353. The van der Waals surface area contributed by atoms with E-state index in [1.54, 1.807) is 0 Å². The molecular weight excluding hydrogens is 284 g/mol. The van der Waals surface area contributed by atoms with Crippen molar-refractivity contribution in [3.8, 4) is 0 Å². The van der Waals surface area contributed by atoms with Gasteiger partial charge in [0.1, 0.15) is 0 Å². The van der Waals surface area contributed by atoms with E-state index in [2.05, 4.69) is 51.3 Å². The first-order valence-electron chi connectivity index (χ1n) is 9.57. The Labute approximate surface area is 143 Å². The number of carbonyl (C=O) groups is 1. The van der Waals surface area contributed by atoms with Gasteiger partial charge in [-0.05, 0) is 61.4 Å². The molecule has 2 rings (SSSR count). The van der Waals surface area contributed by atoms with Crippen molar-refractivity contribution >= 4 is 5.91 Å². The Morgan fingerprint density at radius 3 is 1.57 bits per heavy atom. The van der Waals surface area contributed by atoms with Crippen molar-refractivity contribution in [2.45, 2.75) is 67.2 Å². The Balaban J connectivity index is 1.74. The standard InChI is InChI=1S/C20H38N2O/c1-19(2,3)16-7-11-21(12-8-16)15-18(23)22-13-9-17(10-14-22)20(4,5)6/h16-17H,7-15H2,1-6H3. The third-order valence-corrected chi connectivity index (χ3v) is 6.24. The number of hydrogen-bond acceptors (Lipinski definition) is 2. The van der Waals surface area contributed by atoms with E-state index >= 15 is 0 Å². The van der Waals surface area contributed by atoms with Gasteiger partial charge in [-0.15, -0.1) is 0 Å². The first kappa shape index (κ1) is 18.8. The summed E-state index contributed by atoms with van der Waals surface area (Å²) in [5.41, 5.74) is 0.787. The highest BCUT2D eigenvalue weighted by molar-refractivity contribution is 5.78. The summed E-state index contributed by atoms with van der Waals surface area (Å²) in [5, 5.41) is 0. The van der Waals surface area contributed by atoms with E-state index < -0.39 is 0 Å². The van der Waals surface area contributed by atoms with Crippen LogP contribution in [0.5, 0.6) is 0 Å². The van der Waals surface area contributed by atoms with Crippen molar-refractivity contribution in [2.24, 2.45) is 22.7 Å². The van der Waals surface area contributed by atoms with Gasteiger partial charge in [-0.1, -0.05) is 41.5 Å². The fourth-order valence-electron chi connectivity index (χ4n) is 4.24. The third-order valence-electron chi connectivity index (χ3n) is 6.24. The van der Waals surface area contributed by atoms with E-state index in [4.69, 9.17) is 0 Å². The maximum Gasteiger partial charge on any atom is 0.236 e. The summed E-state index contributed by atoms with van der Waals surface area (Å²) in [4.78, 5) is 17.1. The first-order valence-corrected chi connectivity index (χ1v) is 9.57. The predicted molar refractivity (Wildman–Crippen MR) is 97.4 cm³/mol. The lowest BCUT2D eigenvalue weighted by atomic mass is 9.75. The van der Waals surface area contributed by atoms with E-state index in [-0.39, 0.29) is 0 Å². The zero-order chi connectivity index (χ0) is 17.3. The van der Waals surface area contributed by atoms with Crippen LogP contribution in [0.4, 0.5) is 0 Å². The van der Waals surface area contributed by atoms with E-state index in [1.165, 1.54) is 25.7 Å². The molecular formula is C20H38N2O. The molecule has 2 aliphatic rings. The second-order valence-corrected chi connectivity index (χ2v) is 9.94. The molecule has 0 spiro atoms. The highest BCUT2D eigenvalue weighted by Crippen LogP contribution is 2.35. The van der Waals surface area contributed by atoms with Crippen LogP contribution in [-0.4, -0.2) is 48.4 Å². The molecule has 0 N–H and O–H groups in total. The van der Waals surface area contributed by atoms with Crippen molar-refractivity contribution in [3.63, 3.8) is 0 Å². The molecule has 0 atom stereocenters. The van der Waals surface area contributed by atoms with Gasteiger partial charge < -0.3 is 4.90 Å². The van der Waals surface area contributed by atoms with Gasteiger partial charge >= 0.3 is 0 Å².